The predicted molar refractivity (Wildman–Crippen MR) is 159 cm³/mol. The van der Waals surface area contributed by atoms with Crippen LogP contribution in [-0.2, 0) is 14.8 Å². The highest BCUT2D eigenvalue weighted by atomic mass is 79.9. The fourth-order valence-electron chi connectivity index (χ4n) is 5.57. The van der Waals surface area contributed by atoms with E-state index in [1.807, 2.05) is 41.0 Å². The number of imide groups is 1. The number of likely N-dealkylation sites (N-methyl/N-ethyl adjacent to an activating group) is 1. The van der Waals surface area contributed by atoms with E-state index < -0.39 is 10.0 Å². The van der Waals surface area contributed by atoms with Gasteiger partial charge in [-0.3, -0.25) is 23.6 Å². The van der Waals surface area contributed by atoms with Crippen molar-refractivity contribution in [3.05, 3.63) is 92.4 Å². The molecule has 0 saturated heterocycles. The molecule has 1 fully saturated rings. The average Bonchev–Trinajstić information content (AvgIpc) is 3.75. The molecule has 1 saturated carbocycles. The molecule has 0 spiro atoms. The zero-order valence-electron chi connectivity index (χ0n) is 22.6. The lowest BCUT2D eigenvalue weighted by atomic mass is 10.0. The van der Waals surface area contributed by atoms with Crippen LogP contribution in [0.3, 0.4) is 0 Å². The molecule has 210 valence electrons. The van der Waals surface area contributed by atoms with E-state index in [9.17, 15) is 22.8 Å². The number of halogens is 1. The molecular weight excluding hydrogens is 608 g/mol. The van der Waals surface area contributed by atoms with Crippen molar-refractivity contribution in [1.29, 1.82) is 0 Å². The molecule has 0 bridgehead atoms. The van der Waals surface area contributed by atoms with E-state index in [0.717, 1.165) is 39.1 Å². The Kier molecular flexibility index (Phi) is 6.82. The van der Waals surface area contributed by atoms with Gasteiger partial charge in [0.2, 0.25) is 21.1 Å². The lowest BCUT2D eigenvalue weighted by Crippen LogP contribution is -2.54. The molecule has 0 aromatic heterocycles. The molecule has 2 aliphatic heterocycles. The highest BCUT2D eigenvalue weighted by Gasteiger charge is 2.39. The molecule has 6 rings (SSSR count). The van der Waals surface area contributed by atoms with Crippen molar-refractivity contribution in [2.75, 3.05) is 30.7 Å². The highest BCUT2D eigenvalue weighted by molar-refractivity contribution is 9.10. The third-order valence-corrected chi connectivity index (χ3v) is 9.41. The number of sulfonamides is 1. The molecule has 3 aromatic rings. The Labute approximate surface area is 246 Å². The van der Waals surface area contributed by atoms with Crippen molar-refractivity contribution >= 4 is 60.7 Å². The van der Waals surface area contributed by atoms with Crippen LogP contribution in [0.5, 0.6) is 0 Å². The normalized spacial score (nSPS) is 15.9. The van der Waals surface area contributed by atoms with Gasteiger partial charge in [0, 0.05) is 42.8 Å². The van der Waals surface area contributed by atoms with Gasteiger partial charge >= 0.3 is 5.91 Å². The summed E-state index contributed by atoms with van der Waals surface area (Å²) in [5.41, 5.74) is 3.47. The number of nitrogens with one attached hydrogen (secondary N) is 1. The van der Waals surface area contributed by atoms with E-state index in [2.05, 4.69) is 21.2 Å². The Morgan fingerprint density at radius 2 is 1.68 bits per heavy atom. The van der Waals surface area contributed by atoms with E-state index in [1.54, 1.807) is 31.3 Å². The third-order valence-electron chi connectivity index (χ3n) is 7.70. The van der Waals surface area contributed by atoms with E-state index in [-0.39, 0.29) is 43.1 Å². The van der Waals surface area contributed by atoms with Gasteiger partial charge in [0.1, 0.15) is 5.22 Å². The number of hydrogen-bond acceptors (Lipinski definition) is 5. The standard InChI is InChI=1S/C30H27BrN4O5S/c1-32-28(36)27-24-16-23(18-8-9-18)25(17-26(24)35(27)20-12-10-19(31)11-13-20)34(41(2,39)40)15-5-14-33-29(37)21-6-3-4-7-22(21)30(33)38/h3-4,6-7,10-13,16-18H,5,8-9,14-15H2,1-2H3/p+1. The van der Waals surface area contributed by atoms with Crippen LogP contribution < -0.4 is 24.8 Å². The van der Waals surface area contributed by atoms with Crippen molar-refractivity contribution in [2.24, 2.45) is 0 Å². The summed E-state index contributed by atoms with van der Waals surface area (Å²) < 4.78 is 30.5. The number of hydrogen-bond donors (Lipinski definition) is 1. The number of fused-ring (bicyclic) bond motifs is 2. The first-order chi connectivity index (χ1) is 19.6. The molecule has 1 aliphatic carbocycles. The highest BCUT2D eigenvalue weighted by Crippen LogP contribution is 2.44. The summed E-state index contributed by atoms with van der Waals surface area (Å²) in [5.74, 6) is -0.753. The minimum atomic E-state index is -3.72. The molecule has 0 radical (unpaired) electrons. The number of benzene rings is 3. The number of nitrogens with zero attached hydrogens (tertiary/aromatic N) is 3. The van der Waals surface area contributed by atoms with E-state index >= 15 is 0 Å². The summed E-state index contributed by atoms with van der Waals surface area (Å²) in [6, 6.07) is 18.0. The van der Waals surface area contributed by atoms with Gasteiger partial charge < -0.3 is 5.32 Å². The van der Waals surface area contributed by atoms with Crippen LogP contribution in [0.1, 0.15) is 51.5 Å². The van der Waals surface area contributed by atoms with Gasteiger partial charge in [0.15, 0.2) is 0 Å². The van der Waals surface area contributed by atoms with Crippen molar-refractivity contribution in [3.63, 3.8) is 0 Å². The van der Waals surface area contributed by atoms with Crippen molar-refractivity contribution in [2.45, 2.75) is 25.2 Å². The van der Waals surface area contributed by atoms with E-state index in [0.29, 0.717) is 22.5 Å². The molecule has 3 amide bonds. The van der Waals surface area contributed by atoms with Crippen molar-refractivity contribution < 1.29 is 22.8 Å². The minimum Gasteiger partial charge on any atom is -0.350 e. The van der Waals surface area contributed by atoms with Gasteiger partial charge in [-0.1, -0.05) is 28.1 Å². The molecule has 11 heteroatoms. The molecule has 3 aliphatic rings. The first-order valence-electron chi connectivity index (χ1n) is 13.4. The topological polar surface area (TPSA) is 107 Å². The van der Waals surface area contributed by atoms with Gasteiger partial charge in [-0.15, -0.1) is 4.58 Å². The van der Waals surface area contributed by atoms with Crippen LogP contribution in [0, 0.1) is 0 Å². The summed E-state index contributed by atoms with van der Waals surface area (Å²) >= 11 is 3.45. The number of anilines is 1. The predicted octanol–water partition coefficient (Wildman–Crippen LogP) is 2.47. The smallest absolute Gasteiger partial charge is 0.317 e. The number of rotatable bonds is 9. The Balaban J connectivity index is 1.38. The van der Waals surface area contributed by atoms with Gasteiger partial charge in [-0.2, -0.15) is 0 Å². The Bertz CT molecular complexity index is 1830. The Morgan fingerprint density at radius 3 is 2.24 bits per heavy atom. The molecule has 2 heterocycles. The molecular formula is C30H28BrN4O5S+. The Morgan fingerprint density at radius 1 is 1.05 bits per heavy atom. The maximum Gasteiger partial charge on any atom is 0.317 e. The molecule has 1 N–H and O–H groups in total. The van der Waals surface area contributed by atoms with Crippen LogP contribution in [0.25, 0.3) is 5.70 Å². The maximum atomic E-state index is 13.2. The van der Waals surface area contributed by atoms with Crippen LogP contribution in [0.4, 0.5) is 11.4 Å². The molecule has 3 aromatic carbocycles. The number of carbonyl (C=O) groups is 3. The first kappa shape index (κ1) is 27.3. The average molecular weight is 637 g/mol. The second kappa shape index (κ2) is 10.2. The molecule has 9 nitrogen and oxygen atoms in total. The summed E-state index contributed by atoms with van der Waals surface area (Å²) in [7, 11) is -2.13. The van der Waals surface area contributed by atoms with Crippen molar-refractivity contribution in [1.82, 2.24) is 14.8 Å². The largest absolute Gasteiger partial charge is 0.350 e. The Hall–Kier alpha value is -3.83. The number of amides is 3. The van der Waals surface area contributed by atoms with Crippen LogP contribution in [0.2, 0.25) is 0 Å². The maximum absolute atomic E-state index is 13.2. The summed E-state index contributed by atoms with van der Waals surface area (Å²) in [4.78, 5) is 39.8. The second-order valence-electron chi connectivity index (χ2n) is 10.4. The summed E-state index contributed by atoms with van der Waals surface area (Å²) in [6.45, 7) is 0.191. The zero-order chi connectivity index (χ0) is 29.1. The van der Waals surface area contributed by atoms with Gasteiger partial charge in [-0.05, 0) is 61.1 Å². The minimum absolute atomic E-state index is 0.0923. The van der Waals surface area contributed by atoms with Gasteiger partial charge in [-0.25, -0.2) is 8.42 Å². The fourth-order valence-corrected chi connectivity index (χ4v) is 6.81. The molecule has 41 heavy (non-hydrogen) atoms. The van der Waals surface area contributed by atoms with Gasteiger partial charge in [0.05, 0.1) is 23.1 Å². The van der Waals surface area contributed by atoms with E-state index in [4.69, 9.17) is 0 Å². The lowest BCUT2D eigenvalue weighted by Gasteiger charge is -2.26. The monoisotopic (exact) mass is 635 g/mol. The second-order valence-corrected chi connectivity index (χ2v) is 13.3. The number of carbonyl (C=O) groups excluding carboxylic acids is 3. The summed E-state index contributed by atoms with van der Waals surface area (Å²) in [5, 5.41) is 4.23. The fraction of sp³-hybridized carbons (Fsp3) is 0.267. The quantitative estimate of drug-likeness (QED) is 0.287. The van der Waals surface area contributed by atoms with Crippen molar-refractivity contribution in [3.8, 4) is 0 Å². The zero-order valence-corrected chi connectivity index (χ0v) is 25.0. The van der Waals surface area contributed by atoms with E-state index in [1.165, 1.54) is 15.5 Å². The summed E-state index contributed by atoms with van der Waals surface area (Å²) in [6.07, 6.45) is 3.31. The first-order valence-corrected chi connectivity index (χ1v) is 16.0. The van der Waals surface area contributed by atoms with Crippen LogP contribution in [0.15, 0.2) is 65.1 Å². The molecule has 0 atom stereocenters. The van der Waals surface area contributed by atoms with Crippen LogP contribution >= 0.6 is 15.9 Å². The third kappa shape index (κ3) is 4.76. The van der Waals surface area contributed by atoms with Gasteiger partial charge in [0.25, 0.3) is 17.5 Å². The molecule has 0 unspecified atom stereocenters. The van der Waals surface area contributed by atoms with Crippen LogP contribution in [-0.4, -0.2) is 57.4 Å². The lowest BCUT2D eigenvalue weighted by molar-refractivity contribution is -0.115. The SMILES string of the molecule is CNC(=O)C1=c2cc(C3CC3)c(N(CCCN3C(=O)c4ccccc4C3=O)S(C)(=O)=O)cc2=[N+]1c1ccc(Br)cc1.